The van der Waals surface area contributed by atoms with Crippen LogP contribution < -0.4 is 10.2 Å². The van der Waals surface area contributed by atoms with Crippen LogP contribution in [0.15, 0.2) is 18.2 Å². The van der Waals surface area contributed by atoms with Gasteiger partial charge in [-0.25, -0.2) is 0 Å². The Labute approximate surface area is 100 Å². The zero-order chi connectivity index (χ0) is 10.8. The molecule has 2 rings (SSSR count). The molecule has 0 aromatic heterocycles. The average molecular weight is 245 g/mol. The molecule has 0 radical (unpaired) electrons. The van der Waals surface area contributed by atoms with Gasteiger partial charge in [-0.05, 0) is 25.6 Å². The van der Waals surface area contributed by atoms with Gasteiger partial charge in [0.25, 0.3) is 0 Å². The molecule has 0 aliphatic carbocycles. The van der Waals surface area contributed by atoms with Crippen molar-refractivity contribution in [3.8, 4) is 0 Å². The third-order valence-corrected chi connectivity index (χ3v) is 3.46. The molecule has 1 fully saturated rings. The molecule has 0 saturated carbocycles. The van der Waals surface area contributed by atoms with Crippen LogP contribution in [0.25, 0.3) is 0 Å². The second-order valence-electron chi connectivity index (χ2n) is 3.79. The van der Waals surface area contributed by atoms with Gasteiger partial charge in [-0.3, -0.25) is 0 Å². The Balaban J connectivity index is 2.23. The molecule has 1 N–H and O–H groups in total. The zero-order valence-corrected chi connectivity index (χ0v) is 10.1. The number of para-hydroxylation sites is 1. The Morgan fingerprint density at radius 2 is 2.00 bits per heavy atom. The van der Waals surface area contributed by atoms with E-state index in [4.69, 9.17) is 23.2 Å². The molecule has 0 amide bonds. The van der Waals surface area contributed by atoms with Crippen LogP contribution in [-0.4, -0.2) is 26.2 Å². The van der Waals surface area contributed by atoms with Crippen molar-refractivity contribution >= 4 is 28.9 Å². The van der Waals surface area contributed by atoms with Gasteiger partial charge in [0.15, 0.2) is 0 Å². The predicted octanol–water partition coefficient (Wildman–Crippen LogP) is 2.79. The summed E-state index contributed by atoms with van der Waals surface area (Å²) < 4.78 is 0. The van der Waals surface area contributed by atoms with Crippen LogP contribution >= 0.6 is 23.2 Å². The highest BCUT2D eigenvalue weighted by atomic mass is 35.5. The van der Waals surface area contributed by atoms with Gasteiger partial charge in [0.1, 0.15) is 0 Å². The molecule has 15 heavy (non-hydrogen) atoms. The van der Waals surface area contributed by atoms with Crippen molar-refractivity contribution in [2.24, 2.45) is 0 Å². The standard InChI is InChI=1S/C11H14Cl2N2/c1-14-8-5-6-15(7-8)11-9(12)3-2-4-10(11)13/h2-4,8,14H,5-7H2,1H3. The molecule has 0 bridgehead atoms. The molecule has 1 aliphatic heterocycles. The third kappa shape index (κ3) is 2.22. The van der Waals surface area contributed by atoms with Gasteiger partial charge < -0.3 is 10.2 Å². The van der Waals surface area contributed by atoms with Crippen molar-refractivity contribution < 1.29 is 0 Å². The fourth-order valence-electron chi connectivity index (χ4n) is 1.99. The fraction of sp³-hybridized carbons (Fsp3) is 0.455. The Bertz CT molecular complexity index is 334. The van der Waals surface area contributed by atoms with E-state index in [0.29, 0.717) is 6.04 Å². The van der Waals surface area contributed by atoms with Crippen LogP contribution in [0.3, 0.4) is 0 Å². The molecule has 1 heterocycles. The minimum atomic E-state index is 0.539. The lowest BCUT2D eigenvalue weighted by atomic mass is 10.3. The van der Waals surface area contributed by atoms with Gasteiger partial charge in [0.05, 0.1) is 15.7 Å². The zero-order valence-electron chi connectivity index (χ0n) is 8.63. The van der Waals surface area contributed by atoms with Crippen molar-refractivity contribution in [2.45, 2.75) is 12.5 Å². The van der Waals surface area contributed by atoms with Crippen LogP contribution in [0, 0.1) is 0 Å². The van der Waals surface area contributed by atoms with Gasteiger partial charge >= 0.3 is 0 Å². The maximum atomic E-state index is 6.15. The van der Waals surface area contributed by atoms with E-state index >= 15 is 0 Å². The maximum Gasteiger partial charge on any atom is 0.0745 e. The molecule has 2 nitrogen and oxygen atoms in total. The van der Waals surface area contributed by atoms with E-state index in [-0.39, 0.29) is 0 Å². The van der Waals surface area contributed by atoms with Crippen LogP contribution in [0.2, 0.25) is 10.0 Å². The second-order valence-corrected chi connectivity index (χ2v) is 4.60. The number of hydrogen-bond acceptors (Lipinski definition) is 2. The smallest absolute Gasteiger partial charge is 0.0745 e. The number of likely N-dealkylation sites (N-methyl/N-ethyl adjacent to an activating group) is 1. The van der Waals surface area contributed by atoms with Crippen molar-refractivity contribution in [3.63, 3.8) is 0 Å². The third-order valence-electron chi connectivity index (χ3n) is 2.85. The first-order valence-corrected chi connectivity index (χ1v) is 5.84. The van der Waals surface area contributed by atoms with Crippen LogP contribution in [0.1, 0.15) is 6.42 Å². The number of rotatable bonds is 2. The minimum Gasteiger partial charge on any atom is -0.368 e. The van der Waals surface area contributed by atoms with Gasteiger partial charge in [-0.1, -0.05) is 29.3 Å². The Morgan fingerprint density at radius 3 is 2.53 bits per heavy atom. The maximum absolute atomic E-state index is 6.15. The van der Waals surface area contributed by atoms with E-state index in [0.717, 1.165) is 35.2 Å². The normalized spacial score (nSPS) is 21.0. The van der Waals surface area contributed by atoms with Gasteiger partial charge in [-0.15, -0.1) is 0 Å². The van der Waals surface area contributed by atoms with E-state index in [2.05, 4.69) is 10.2 Å². The van der Waals surface area contributed by atoms with Gasteiger partial charge in [-0.2, -0.15) is 0 Å². The van der Waals surface area contributed by atoms with Crippen LogP contribution in [-0.2, 0) is 0 Å². The quantitative estimate of drug-likeness (QED) is 0.861. The SMILES string of the molecule is CNC1CCN(c2c(Cl)cccc2Cl)C1. The largest absolute Gasteiger partial charge is 0.368 e. The van der Waals surface area contributed by atoms with Gasteiger partial charge in [0.2, 0.25) is 0 Å². The van der Waals surface area contributed by atoms with E-state index in [1.807, 2.05) is 25.2 Å². The molecule has 1 unspecified atom stereocenters. The fourth-order valence-corrected chi connectivity index (χ4v) is 2.63. The summed E-state index contributed by atoms with van der Waals surface area (Å²) >= 11 is 12.3. The van der Waals surface area contributed by atoms with E-state index in [1.54, 1.807) is 0 Å². The van der Waals surface area contributed by atoms with E-state index in [9.17, 15) is 0 Å². The lowest BCUT2D eigenvalue weighted by molar-refractivity contribution is 0.617. The monoisotopic (exact) mass is 244 g/mol. The lowest BCUT2D eigenvalue weighted by Gasteiger charge is -2.21. The summed E-state index contributed by atoms with van der Waals surface area (Å²) in [5, 5.41) is 4.75. The second kappa shape index (κ2) is 4.60. The minimum absolute atomic E-state index is 0.539. The van der Waals surface area contributed by atoms with Crippen LogP contribution in [0.5, 0.6) is 0 Å². The Hall–Kier alpha value is -0.440. The lowest BCUT2D eigenvalue weighted by Crippen LogP contribution is -2.29. The number of halogens is 2. The molecular weight excluding hydrogens is 231 g/mol. The Morgan fingerprint density at radius 1 is 1.33 bits per heavy atom. The van der Waals surface area contributed by atoms with Crippen LogP contribution in [0.4, 0.5) is 5.69 Å². The first-order valence-electron chi connectivity index (χ1n) is 5.08. The highest BCUT2D eigenvalue weighted by Crippen LogP contribution is 2.35. The molecule has 1 aliphatic rings. The average Bonchev–Trinajstić information content (AvgIpc) is 2.66. The van der Waals surface area contributed by atoms with Crippen molar-refractivity contribution in [2.75, 3.05) is 25.0 Å². The molecule has 1 atom stereocenters. The summed E-state index contributed by atoms with van der Waals surface area (Å²) in [6.07, 6.45) is 1.14. The first kappa shape index (κ1) is 11.1. The molecule has 1 aromatic carbocycles. The summed E-state index contributed by atoms with van der Waals surface area (Å²) in [6, 6.07) is 6.18. The van der Waals surface area contributed by atoms with Crippen molar-refractivity contribution in [1.82, 2.24) is 5.32 Å². The van der Waals surface area contributed by atoms with Gasteiger partial charge in [0, 0.05) is 19.1 Å². The summed E-state index contributed by atoms with van der Waals surface area (Å²) in [6.45, 7) is 1.98. The highest BCUT2D eigenvalue weighted by molar-refractivity contribution is 6.39. The number of benzene rings is 1. The molecule has 82 valence electrons. The van der Waals surface area contributed by atoms with Crippen molar-refractivity contribution in [1.29, 1.82) is 0 Å². The Kier molecular flexibility index (Phi) is 3.39. The molecule has 0 spiro atoms. The summed E-state index contributed by atoms with van der Waals surface area (Å²) in [5.41, 5.74) is 0.971. The number of anilines is 1. The summed E-state index contributed by atoms with van der Waals surface area (Å²) in [5.74, 6) is 0. The molecule has 1 aromatic rings. The van der Waals surface area contributed by atoms with Crippen molar-refractivity contribution in [3.05, 3.63) is 28.2 Å². The highest BCUT2D eigenvalue weighted by Gasteiger charge is 2.24. The molecule has 1 saturated heterocycles. The first-order chi connectivity index (χ1) is 7.22. The van der Waals surface area contributed by atoms with E-state index < -0.39 is 0 Å². The number of hydrogen-bond donors (Lipinski definition) is 1. The summed E-state index contributed by atoms with van der Waals surface area (Å²) in [4.78, 5) is 2.24. The number of nitrogens with zero attached hydrogens (tertiary/aromatic N) is 1. The molecular formula is C11H14Cl2N2. The number of nitrogens with one attached hydrogen (secondary N) is 1. The summed E-state index contributed by atoms with van der Waals surface area (Å²) in [7, 11) is 1.99. The topological polar surface area (TPSA) is 15.3 Å². The van der Waals surface area contributed by atoms with E-state index in [1.165, 1.54) is 0 Å². The predicted molar refractivity (Wildman–Crippen MR) is 66.1 cm³/mol. The molecule has 4 heteroatoms.